The predicted octanol–water partition coefficient (Wildman–Crippen LogP) is 1.41. The minimum Gasteiger partial charge on any atom is -0.486 e. The zero-order valence-electron chi connectivity index (χ0n) is 12.7. The Morgan fingerprint density at radius 2 is 2.13 bits per heavy atom. The van der Waals surface area contributed by atoms with Crippen LogP contribution in [0.25, 0.3) is 0 Å². The molecule has 0 saturated carbocycles. The molecule has 120 valence electrons. The van der Waals surface area contributed by atoms with Crippen LogP contribution in [0.1, 0.15) is 24.4 Å². The molecule has 7 heteroatoms. The summed E-state index contributed by atoms with van der Waals surface area (Å²) in [6, 6.07) is 6.05. The van der Waals surface area contributed by atoms with Crippen molar-refractivity contribution in [3.8, 4) is 11.5 Å². The predicted molar refractivity (Wildman–Crippen MR) is 81.1 cm³/mol. The Morgan fingerprint density at radius 3 is 2.96 bits per heavy atom. The number of fused-ring (bicyclic) bond motifs is 1. The average molecular weight is 314 g/mol. The molecule has 4 rings (SSSR count). The van der Waals surface area contributed by atoms with Crippen molar-refractivity contribution in [2.24, 2.45) is 0 Å². The van der Waals surface area contributed by atoms with E-state index in [4.69, 9.17) is 9.47 Å². The van der Waals surface area contributed by atoms with Crippen LogP contribution in [0.4, 0.5) is 0 Å². The van der Waals surface area contributed by atoms with Gasteiger partial charge >= 0.3 is 0 Å². The molecule has 1 aromatic carbocycles. The molecule has 0 bridgehead atoms. The molecule has 23 heavy (non-hydrogen) atoms. The largest absolute Gasteiger partial charge is 0.486 e. The fourth-order valence-electron chi connectivity index (χ4n) is 3.22. The lowest BCUT2D eigenvalue weighted by atomic mass is 10.0. The topological polar surface area (TPSA) is 69.5 Å². The van der Waals surface area contributed by atoms with Gasteiger partial charge in [0.15, 0.2) is 11.5 Å². The summed E-state index contributed by atoms with van der Waals surface area (Å²) >= 11 is 0. The summed E-state index contributed by atoms with van der Waals surface area (Å²) in [6.45, 7) is 2.14. The van der Waals surface area contributed by atoms with E-state index in [1.54, 1.807) is 11.0 Å². The van der Waals surface area contributed by atoms with Gasteiger partial charge in [0.2, 0.25) is 5.91 Å². The molecule has 2 aliphatic rings. The second-order valence-electron chi connectivity index (χ2n) is 5.74. The van der Waals surface area contributed by atoms with Crippen molar-refractivity contribution in [2.75, 3.05) is 19.8 Å². The van der Waals surface area contributed by atoms with Gasteiger partial charge in [-0.05, 0) is 30.5 Å². The molecule has 1 unspecified atom stereocenters. The normalized spacial score (nSPS) is 19.8. The summed E-state index contributed by atoms with van der Waals surface area (Å²) in [5, 5.41) is 4.00. The maximum Gasteiger partial charge on any atom is 0.244 e. The van der Waals surface area contributed by atoms with E-state index in [2.05, 4.69) is 10.1 Å². The first-order valence-corrected chi connectivity index (χ1v) is 7.83. The minimum atomic E-state index is 0.0629. The Balaban J connectivity index is 1.54. The van der Waals surface area contributed by atoms with Crippen molar-refractivity contribution in [1.29, 1.82) is 0 Å². The van der Waals surface area contributed by atoms with Crippen LogP contribution >= 0.6 is 0 Å². The summed E-state index contributed by atoms with van der Waals surface area (Å²) in [4.78, 5) is 18.4. The molecule has 0 radical (unpaired) electrons. The van der Waals surface area contributed by atoms with Gasteiger partial charge in [-0.15, -0.1) is 0 Å². The highest BCUT2D eigenvalue weighted by Gasteiger charge is 2.31. The van der Waals surface area contributed by atoms with Crippen LogP contribution in [-0.2, 0) is 11.3 Å². The van der Waals surface area contributed by atoms with Gasteiger partial charge in [0, 0.05) is 6.54 Å². The van der Waals surface area contributed by atoms with Gasteiger partial charge in [0.1, 0.15) is 32.4 Å². The molecular formula is C16H18N4O3. The van der Waals surface area contributed by atoms with Gasteiger partial charge in [-0.2, -0.15) is 5.10 Å². The fraction of sp³-hybridized carbons (Fsp3) is 0.438. The Bertz CT molecular complexity index is 701. The Kier molecular flexibility index (Phi) is 3.61. The van der Waals surface area contributed by atoms with Gasteiger partial charge < -0.3 is 14.4 Å². The zero-order valence-corrected chi connectivity index (χ0v) is 12.7. The quantitative estimate of drug-likeness (QED) is 0.857. The van der Waals surface area contributed by atoms with Crippen LogP contribution in [0.2, 0.25) is 0 Å². The maximum atomic E-state index is 12.6. The Labute approximate surface area is 133 Å². The highest BCUT2D eigenvalue weighted by Crippen LogP contribution is 2.38. The second kappa shape index (κ2) is 5.91. The number of carbonyl (C=O) groups excluding carboxylic acids is 1. The average Bonchev–Trinajstić information content (AvgIpc) is 3.25. The second-order valence-corrected chi connectivity index (χ2v) is 5.74. The Morgan fingerprint density at radius 1 is 1.26 bits per heavy atom. The first-order chi connectivity index (χ1) is 11.3. The SMILES string of the molecule is O=C(Cn1cncn1)N1CCCC1c1ccc2c(c1)OCCO2. The summed E-state index contributed by atoms with van der Waals surface area (Å²) in [6.07, 6.45) is 4.97. The monoisotopic (exact) mass is 314 g/mol. The maximum absolute atomic E-state index is 12.6. The number of nitrogens with zero attached hydrogens (tertiary/aromatic N) is 4. The van der Waals surface area contributed by atoms with Crippen molar-refractivity contribution >= 4 is 5.91 Å². The van der Waals surface area contributed by atoms with Crippen molar-refractivity contribution in [1.82, 2.24) is 19.7 Å². The van der Waals surface area contributed by atoms with Crippen molar-refractivity contribution < 1.29 is 14.3 Å². The van der Waals surface area contributed by atoms with Crippen molar-refractivity contribution in [2.45, 2.75) is 25.4 Å². The van der Waals surface area contributed by atoms with Crippen LogP contribution in [0, 0.1) is 0 Å². The van der Waals surface area contributed by atoms with Crippen LogP contribution in [0.3, 0.4) is 0 Å². The first-order valence-electron chi connectivity index (χ1n) is 7.83. The smallest absolute Gasteiger partial charge is 0.244 e. The number of carbonyl (C=O) groups is 1. The third kappa shape index (κ3) is 2.74. The third-order valence-corrected chi connectivity index (χ3v) is 4.29. The molecular weight excluding hydrogens is 296 g/mol. The standard InChI is InChI=1S/C16H18N4O3/c21-16(9-19-11-17-10-18-19)20-5-1-2-13(20)12-3-4-14-15(8-12)23-7-6-22-14/h3-4,8,10-11,13H,1-2,5-7,9H2. The number of hydrogen-bond acceptors (Lipinski definition) is 5. The summed E-state index contributed by atoms with van der Waals surface area (Å²) < 4.78 is 12.8. The van der Waals surface area contributed by atoms with Gasteiger partial charge in [0.25, 0.3) is 0 Å². The van der Waals surface area contributed by atoms with Crippen LogP contribution in [0.15, 0.2) is 30.9 Å². The molecule has 3 heterocycles. The number of rotatable bonds is 3. The fourth-order valence-corrected chi connectivity index (χ4v) is 3.22. The Hall–Kier alpha value is -2.57. The van der Waals surface area contributed by atoms with E-state index in [0.29, 0.717) is 13.2 Å². The van der Waals surface area contributed by atoms with E-state index < -0.39 is 0 Å². The lowest BCUT2D eigenvalue weighted by molar-refractivity contribution is -0.133. The van der Waals surface area contributed by atoms with E-state index in [0.717, 1.165) is 36.4 Å². The molecule has 1 fully saturated rings. The number of benzene rings is 1. The summed E-state index contributed by atoms with van der Waals surface area (Å²) in [5.41, 5.74) is 1.10. The van der Waals surface area contributed by atoms with Crippen molar-refractivity contribution in [3.63, 3.8) is 0 Å². The van der Waals surface area contributed by atoms with Crippen molar-refractivity contribution in [3.05, 3.63) is 36.4 Å². The molecule has 1 saturated heterocycles. The lowest BCUT2D eigenvalue weighted by Gasteiger charge is -2.26. The zero-order chi connectivity index (χ0) is 15.6. The summed E-state index contributed by atoms with van der Waals surface area (Å²) in [7, 11) is 0. The molecule has 0 aliphatic carbocycles. The molecule has 0 spiro atoms. The number of ether oxygens (including phenoxy) is 2. The number of aromatic nitrogens is 3. The molecule has 7 nitrogen and oxygen atoms in total. The van der Waals surface area contributed by atoms with Gasteiger partial charge in [-0.25, -0.2) is 9.67 Å². The van der Waals surface area contributed by atoms with Gasteiger partial charge in [0.05, 0.1) is 6.04 Å². The number of likely N-dealkylation sites (tertiary alicyclic amines) is 1. The first kappa shape index (κ1) is 14.0. The molecule has 1 aromatic heterocycles. The highest BCUT2D eigenvalue weighted by atomic mass is 16.6. The highest BCUT2D eigenvalue weighted by molar-refractivity contribution is 5.76. The van der Waals surface area contributed by atoms with Crippen LogP contribution in [-0.4, -0.2) is 45.3 Å². The van der Waals surface area contributed by atoms with Crippen LogP contribution < -0.4 is 9.47 Å². The lowest BCUT2D eigenvalue weighted by Crippen LogP contribution is -2.33. The van der Waals surface area contributed by atoms with E-state index in [9.17, 15) is 4.79 Å². The number of hydrogen-bond donors (Lipinski definition) is 0. The van der Waals surface area contributed by atoms with E-state index in [-0.39, 0.29) is 18.5 Å². The summed E-state index contributed by atoms with van der Waals surface area (Å²) in [5.74, 6) is 1.61. The third-order valence-electron chi connectivity index (χ3n) is 4.29. The molecule has 0 N–H and O–H groups in total. The van der Waals surface area contributed by atoms with Crippen LogP contribution in [0.5, 0.6) is 11.5 Å². The molecule has 1 amide bonds. The van der Waals surface area contributed by atoms with E-state index >= 15 is 0 Å². The van der Waals surface area contributed by atoms with E-state index in [1.807, 2.05) is 23.1 Å². The van der Waals surface area contributed by atoms with E-state index in [1.165, 1.54) is 6.33 Å². The minimum absolute atomic E-state index is 0.0629. The molecule has 2 aliphatic heterocycles. The molecule has 1 atom stereocenters. The van der Waals surface area contributed by atoms with Gasteiger partial charge in [-0.1, -0.05) is 6.07 Å². The number of amides is 1. The van der Waals surface area contributed by atoms with Gasteiger partial charge in [-0.3, -0.25) is 4.79 Å². The molecule has 2 aromatic rings.